The van der Waals surface area contributed by atoms with Gasteiger partial charge in [-0.1, -0.05) is 12.1 Å². The Balaban J connectivity index is 1.77. The van der Waals surface area contributed by atoms with Gasteiger partial charge in [-0.25, -0.2) is 4.79 Å². The lowest BCUT2D eigenvalue weighted by Gasteiger charge is -2.22. The minimum atomic E-state index is -0.224. The zero-order valence-corrected chi connectivity index (χ0v) is 14.7. The van der Waals surface area contributed by atoms with Crippen LogP contribution in [0.15, 0.2) is 55.0 Å². The Bertz CT molecular complexity index is 926. The Morgan fingerprint density at radius 3 is 2.96 bits per heavy atom. The summed E-state index contributed by atoms with van der Waals surface area (Å²) < 4.78 is 2.13. The van der Waals surface area contributed by atoms with Crippen molar-refractivity contribution in [3.63, 3.8) is 0 Å². The summed E-state index contributed by atoms with van der Waals surface area (Å²) in [7, 11) is 0. The highest BCUT2D eigenvalue weighted by molar-refractivity contribution is 5.92. The third-order valence-corrected chi connectivity index (χ3v) is 4.24. The van der Waals surface area contributed by atoms with Crippen molar-refractivity contribution in [2.45, 2.75) is 26.4 Å². The monoisotopic (exact) mass is 347 g/mol. The Kier molecular flexibility index (Phi) is 5.49. The molecule has 0 radical (unpaired) electrons. The van der Waals surface area contributed by atoms with Crippen molar-refractivity contribution in [2.75, 3.05) is 11.9 Å². The minimum absolute atomic E-state index is 0.224. The summed E-state index contributed by atoms with van der Waals surface area (Å²) in [4.78, 5) is 18.4. The highest BCUT2D eigenvalue weighted by Crippen LogP contribution is 2.21. The number of carbonyl (C=O) groups excluding carboxylic acids is 1. The third-order valence-electron chi connectivity index (χ3n) is 4.24. The molecule has 6 nitrogen and oxygen atoms in total. The number of hydrogen-bond acceptors (Lipinski definition) is 3. The SMILES string of the molecule is CCn1ccc2ccc(NC(=O)N(CCC#N)Cc3cccnc3)cc21. The van der Waals surface area contributed by atoms with Crippen molar-refractivity contribution < 1.29 is 4.79 Å². The van der Waals surface area contributed by atoms with Crippen molar-refractivity contribution in [3.05, 3.63) is 60.6 Å². The van der Waals surface area contributed by atoms with Gasteiger partial charge in [0.15, 0.2) is 0 Å². The number of anilines is 1. The first-order valence-corrected chi connectivity index (χ1v) is 8.62. The summed E-state index contributed by atoms with van der Waals surface area (Å²) in [5.74, 6) is 0. The van der Waals surface area contributed by atoms with E-state index < -0.39 is 0 Å². The van der Waals surface area contributed by atoms with Crippen LogP contribution in [0.1, 0.15) is 18.9 Å². The molecular weight excluding hydrogens is 326 g/mol. The molecule has 0 aliphatic rings. The highest BCUT2D eigenvalue weighted by Gasteiger charge is 2.14. The lowest BCUT2D eigenvalue weighted by molar-refractivity contribution is 0.210. The molecule has 3 aromatic rings. The average molecular weight is 347 g/mol. The van der Waals surface area contributed by atoms with Crippen molar-refractivity contribution in [1.82, 2.24) is 14.5 Å². The summed E-state index contributed by atoms with van der Waals surface area (Å²) in [6, 6.07) is 13.6. The van der Waals surface area contributed by atoms with Crippen LogP contribution in [0.4, 0.5) is 10.5 Å². The van der Waals surface area contributed by atoms with Crippen LogP contribution in [0.25, 0.3) is 10.9 Å². The molecule has 1 aromatic carbocycles. The van der Waals surface area contributed by atoms with Crippen LogP contribution < -0.4 is 5.32 Å². The molecule has 0 saturated carbocycles. The quantitative estimate of drug-likeness (QED) is 0.732. The van der Waals surface area contributed by atoms with E-state index in [0.717, 1.165) is 28.7 Å². The van der Waals surface area contributed by atoms with Crippen molar-refractivity contribution in [2.24, 2.45) is 0 Å². The molecule has 0 aliphatic carbocycles. The average Bonchev–Trinajstić information content (AvgIpc) is 3.08. The van der Waals surface area contributed by atoms with Gasteiger partial charge in [-0.3, -0.25) is 4.98 Å². The molecule has 2 amide bonds. The number of rotatable bonds is 6. The zero-order chi connectivity index (χ0) is 18.4. The number of aromatic nitrogens is 2. The van der Waals surface area contributed by atoms with E-state index in [1.807, 2.05) is 36.5 Å². The first-order chi connectivity index (χ1) is 12.7. The molecule has 0 unspecified atom stereocenters. The number of nitrogens with one attached hydrogen (secondary N) is 1. The molecule has 0 fully saturated rings. The molecular formula is C20H21N5O. The lowest BCUT2D eigenvalue weighted by atomic mass is 10.2. The molecule has 0 spiro atoms. The summed E-state index contributed by atoms with van der Waals surface area (Å²) >= 11 is 0. The second-order valence-corrected chi connectivity index (χ2v) is 6.00. The summed E-state index contributed by atoms with van der Waals surface area (Å²) in [6.07, 6.45) is 5.75. The molecule has 26 heavy (non-hydrogen) atoms. The largest absolute Gasteiger partial charge is 0.348 e. The topological polar surface area (TPSA) is 74.0 Å². The molecule has 3 rings (SSSR count). The Morgan fingerprint density at radius 1 is 1.35 bits per heavy atom. The van der Waals surface area contributed by atoms with Gasteiger partial charge < -0.3 is 14.8 Å². The maximum Gasteiger partial charge on any atom is 0.322 e. The molecule has 2 heterocycles. The molecule has 0 bridgehead atoms. The van der Waals surface area contributed by atoms with Crippen LogP contribution in [0.3, 0.4) is 0 Å². The molecule has 132 valence electrons. The van der Waals surface area contributed by atoms with Gasteiger partial charge in [-0.2, -0.15) is 5.26 Å². The second kappa shape index (κ2) is 8.17. The van der Waals surface area contributed by atoms with Gasteiger partial charge in [0.2, 0.25) is 0 Å². The normalized spacial score (nSPS) is 10.5. The fraction of sp³-hybridized carbons (Fsp3) is 0.250. The number of nitriles is 1. The van der Waals surface area contributed by atoms with Gasteiger partial charge in [0.05, 0.1) is 18.0 Å². The van der Waals surface area contributed by atoms with Crippen LogP contribution in [-0.4, -0.2) is 27.0 Å². The summed E-state index contributed by atoms with van der Waals surface area (Å²) in [5.41, 5.74) is 2.75. The maximum absolute atomic E-state index is 12.7. The Labute approximate surface area is 152 Å². The van der Waals surface area contributed by atoms with Gasteiger partial charge in [0.1, 0.15) is 0 Å². The number of benzene rings is 1. The number of fused-ring (bicyclic) bond motifs is 1. The van der Waals surface area contributed by atoms with E-state index in [-0.39, 0.29) is 12.5 Å². The predicted molar refractivity (Wildman–Crippen MR) is 102 cm³/mol. The first kappa shape index (κ1) is 17.5. The fourth-order valence-corrected chi connectivity index (χ4v) is 2.89. The van der Waals surface area contributed by atoms with Crippen LogP contribution in [-0.2, 0) is 13.1 Å². The van der Waals surface area contributed by atoms with Gasteiger partial charge in [0.25, 0.3) is 0 Å². The summed E-state index contributed by atoms with van der Waals surface area (Å²) in [6.45, 7) is 3.73. The van der Waals surface area contributed by atoms with Gasteiger partial charge in [-0.15, -0.1) is 0 Å². The smallest absolute Gasteiger partial charge is 0.322 e. The lowest BCUT2D eigenvalue weighted by Crippen LogP contribution is -2.35. The van der Waals surface area contributed by atoms with Crippen LogP contribution in [0, 0.1) is 11.3 Å². The molecule has 1 N–H and O–H groups in total. The molecule has 0 saturated heterocycles. The van der Waals surface area contributed by atoms with E-state index in [4.69, 9.17) is 5.26 Å². The van der Waals surface area contributed by atoms with E-state index >= 15 is 0 Å². The Hall–Kier alpha value is -3.33. The zero-order valence-electron chi connectivity index (χ0n) is 14.7. The highest BCUT2D eigenvalue weighted by atomic mass is 16.2. The van der Waals surface area contributed by atoms with E-state index in [1.165, 1.54) is 0 Å². The number of nitrogens with zero attached hydrogens (tertiary/aromatic N) is 4. The minimum Gasteiger partial charge on any atom is -0.348 e. The fourth-order valence-electron chi connectivity index (χ4n) is 2.89. The molecule has 6 heteroatoms. The first-order valence-electron chi connectivity index (χ1n) is 8.62. The standard InChI is InChI=1S/C20H21N5O/c1-2-24-12-8-17-6-7-18(13-19(17)24)23-20(26)25(11-4-9-21)15-16-5-3-10-22-14-16/h3,5-8,10,12-14H,2,4,11,15H2,1H3,(H,23,26). The van der Waals surface area contributed by atoms with Crippen molar-refractivity contribution in [1.29, 1.82) is 5.26 Å². The third kappa shape index (κ3) is 4.01. The second-order valence-electron chi connectivity index (χ2n) is 6.00. The van der Waals surface area contributed by atoms with Crippen LogP contribution in [0.5, 0.6) is 0 Å². The molecule has 0 atom stereocenters. The van der Waals surface area contributed by atoms with E-state index in [1.54, 1.807) is 17.3 Å². The van der Waals surface area contributed by atoms with E-state index in [2.05, 4.69) is 33.9 Å². The van der Waals surface area contributed by atoms with E-state index in [9.17, 15) is 4.79 Å². The van der Waals surface area contributed by atoms with Gasteiger partial charge in [-0.05, 0) is 42.1 Å². The van der Waals surface area contributed by atoms with Crippen molar-refractivity contribution >= 4 is 22.6 Å². The molecule has 2 aromatic heterocycles. The van der Waals surface area contributed by atoms with Crippen molar-refractivity contribution in [3.8, 4) is 6.07 Å². The number of amides is 2. The molecule has 0 aliphatic heterocycles. The van der Waals surface area contributed by atoms with Crippen LogP contribution >= 0.6 is 0 Å². The number of pyridine rings is 1. The van der Waals surface area contributed by atoms with Crippen LogP contribution in [0.2, 0.25) is 0 Å². The Morgan fingerprint density at radius 2 is 2.23 bits per heavy atom. The number of hydrogen-bond donors (Lipinski definition) is 1. The number of aryl methyl sites for hydroxylation is 1. The van der Waals surface area contributed by atoms with E-state index in [0.29, 0.717) is 13.1 Å². The van der Waals surface area contributed by atoms with Gasteiger partial charge >= 0.3 is 6.03 Å². The summed E-state index contributed by atoms with van der Waals surface area (Å²) in [5, 5.41) is 13.0. The predicted octanol–water partition coefficient (Wildman–Crippen LogP) is 4.00. The van der Waals surface area contributed by atoms with Gasteiger partial charge in [0, 0.05) is 43.9 Å². The number of carbonyl (C=O) groups is 1. The maximum atomic E-state index is 12.7. The number of urea groups is 1.